The molecule has 3 aromatic rings. The van der Waals surface area contributed by atoms with Crippen LogP contribution < -0.4 is 10.5 Å². The number of carbonyl (C=O) groups excluding carboxylic acids is 1. The molecule has 0 saturated carbocycles. The predicted molar refractivity (Wildman–Crippen MR) is 152 cm³/mol. The van der Waals surface area contributed by atoms with Gasteiger partial charge in [-0.1, -0.05) is 23.9 Å². The van der Waals surface area contributed by atoms with Crippen LogP contribution in [-0.4, -0.2) is 81.5 Å². The van der Waals surface area contributed by atoms with Gasteiger partial charge in [0.1, 0.15) is 16.9 Å². The smallest absolute Gasteiger partial charge is 0.410 e. The van der Waals surface area contributed by atoms with Gasteiger partial charge in [-0.05, 0) is 50.6 Å². The summed E-state index contributed by atoms with van der Waals surface area (Å²) in [6.07, 6.45) is 4.77. The Hall–Kier alpha value is -3.69. The Bertz CT molecular complexity index is 1540. The summed E-state index contributed by atoms with van der Waals surface area (Å²) in [6.45, 7) is 6.61. The molecule has 1 saturated heterocycles. The number of nitriles is 1. The first kappa shape index (κ1) is 27.9. The van der Waals surface area contributed by atoms with Gasteiger partial charge in [0.15, 0.2) is 5.16 Å². The van der Waals surface area contributed by atoms with Crippen molar-refractivity contribution in [1.82, 2.24) is 24.6 Å². The van der Waals surface area contributed by atoms with Crippen LogP contribution in [0.4, 0.5) is 10.6 Å². The molecule has 11 nitrogen and oxygen atoms in total. The highest BCUT2D eigenvalue weighted by atomic mass is 32.2. The van der Waals surface area contributed by atoms with E-state index in [1.165, 1.54) is 16.4 Å². The van der Waals surface area contributed by atoms with E-state index in [0.717, 1.165) is 23.2 Å². The Labute approximate surface area is 237 Å². The molecule has 0 bridgehead atoms. The van der Waals surface area contributed by atoms with Crippen LogP contribution in [0.5, 0.6) is 0 Å². The highest BCUT2D eigenvalue weighted by Crippen LogP contribution is 2.31. The van der Waals surface area contributed by atoms with Crippen molar-refractivity contribution in [1.29, 1.82) is 5.26 Å². The number of nitrogens with zero attached hydrogens (tertiary/aromatic N) is 7. The Morgan fingerprint density at radius 2 is 2.02 bits per heavy atom. The number of amides is 1. The Morgan fingerprint density at radius 1 is 1.23 bits per heavy atom. The van der Waals surface area contributed by atoms with Gasteiger partial charge in [0, 0.05) is 33.2 Å². The number of methoxy groups -OCH3 is 1. The second kappa shape index (κ2) is 11.1. The van der Waals surface area contributed by atoms with Crippen molar-refractivity contribution in [3.63, 3.8) is 0 Å². The van der Waals surface area contributed by atoms with Crippen LogP contribution in [0.15, 0.2) is 34.3 Å². The van der Waals surface area contributed by atoms with Gasteiger partial charge in [-0.25, -0.2) is 14.8 Å². The van der Waals surface area contributed by atoms with Crippen molar-refractivity contribution in [2.45, 2.75) is 62.9 Å². The predicted octanol–water partition coefficient (Wildman–Crippen LogP) is 3.35. The largest absolute Gasteiger partial charge is 0.444 e. The molecule has 1 aliphatic heterocycles. The minimum atomic E-state index is -0.642. The highest BCUT2D eigenvalue weighted by molar-refractivity contribution is 7.98. The van der Waals surface area contributed by atoms with Gasteiger partial charge in [0.2, 0.25) is 0 Å². The normalized spacial score (nSPS) is 19.0. The van der Waals surface area contributed by atoms with Crippen molar-refractivity contribution in [3.05, 3.63) is 45.9 Å². The molecular weight excluding hydrogens is 530 g/mol. The lowest BCUT2D eigenvalue weighted by Crippen LogP contribution is -2.56. The minimum absolute atomic E-state index is 0.0741. The van der Waals surface area contributed by atoms with E-state index in [4.69, 9.17) is 14.5 Å². The first-order valence-corrected chi connectivity index (χ1v) is 14.5. The number of thioether (sulfide) groups is 1. The van der Waals surface area contributed by atoms with Crippen molar-refractivity contribution in [3.8, 4) is 11.8 Å². The zero-order chi connectivity index (χ0) is 28.6. The summed E-state index contributed by atoms with van der Waals surface area (Å²) >= 11 is 1.35. The number of aromatic nitrogens is 4. The third-order valence-corrected chi connectivity index (χ3v) is 7.76. The number of anilines is 1. The van der Waals surface area contributed by atoms with Crippen LogP contribution in [0, 0.1) is 11.3 Å². The third-order valence-electron chi connectivity index (χ3n) is 7.21. The maximum atomic E-state index is 13.9. The van der Waals surface area contributed by atoms with Crippen molar-refractivity contribution < 1.29 is 14.3 Å². The van der Waals surface area contributed by atoms with Crippen LogP contribution >= 0.6 is 11.8 Å². The van der Waals surface area contributed by atoms with Gasteiger partial charge in [0.25, 0.3) is 5.56 Å². The third kappa shape index (κ3) is 5.36. The molecule has 2 aliphatic rings. The number of piperazine rings is 1. The fourth-order valence-electron chi connectivity index (χ4n) is 5.34. The van der Waals surface area contributed by atoms with Crippen LogP contribution in [-0.2, 0) is 22.3 Å². The van der Waals surface area contributed by atoms with Crippen LogP contribution in [0.2, 0.25) is 0 Å². The molecule has 1 amide bonds. The van der Waals surface area contributed by atoms with Gasteiger partial charge in [-0.15, -0.1) is 0 Å². The first-order valence-electron chi connectivity index (χ1n) is 13.2. The van der Waals surface area contributed by atoms with Gasteiger partial charge < -0.3 is 19.3 Å². The van der Waals surface area contributed by atoms with Crippen molar-refractivity contribution in [2.24, 2.45) is 0 Å². The van der Waals surface area contributed by atoms with Gasteiger partial charge >= 0.3 is 6.09 Å². The van der Waals surface area contributed by atoms with E-state index in [1.54, 1.807) is 18.2 Å². The molecule has 5 rings (SSSR count). The van der Waals surface area contributed by atoms with Crippen molar-refractivity contribution >= 4 is 34.6 Å². The number of benzene rings is 1. The average Bonchev–Trinajstić information content (AvgIpc) is 3.36. The molecule has 0 spiro atoms. The number of ether oxygens (including phenoxy) is 2. The van der Waals surface area contributed by atoms with Gasteiger partial charge in [-0.3, -0.25) is 4.79 Å². The van der Waals surface area contributed by atoms with Crippen LogP contribution in [0.25, 0.3) is 16.6 Å². The van der Waals surface area contributed by atoms with E-state index in [1.807, 2.05) is 44.1 Å². The maximum Gasteiger partial charge on any atom is 0.410 e. The van der Waals surface area contributed by atoms with E-state index in [2.05, 4.69) is 22.2 Å². The van der Waals surface area contributed by atoms with Crippen molar-refractivity contribution in [2.75, 3.05) is 37.9 Å². The molecule has 2 aromatic heterocycles. The lowest BCUT2D eigenvalue weighted by Gasteiger charge is -2.41. The molecule has 1 aliphatic carbocycles. The SMILES string of the molecule is COC1Cc2cccc(-n3ncc4c(N5CCN(C(=O)OC(C)(C)C)C(CC#N)C5)nc(SC)nc4c3=O)c2C1. The second-order valence-corrected chi connectivity index (χ2v) is 11.7. The fraction of sp³-hybridized carbons (Fsp3) is 0.500. The Morgan fingerprint density at radius 3 is 2.73 bits per heavy atom. The number of fused-ring (bicyclic) bond motifs is 2. The monoisotopic (exact) mass is 563 g/mol. The topological polar surface area (TPSA) is 126 Å². The molecule has 1 aromatic carbocycles. The Balaban J connectivity index is 1.53. The molecule has 2 atom stereocenters. The summed E-state index contributed by atoms with van der Waals surface area (Å²) in [5.74, 6) is 0.565. The standard InChI is InChI=1S/C28H33N7O4S/c1-28(2,3)39-27(37)34-12-11-33(16-18(34)9-10-29)24-21-15-30-35(25(36)23(21)31-26(32-24)40-5)22-8-6-7-17-13-19(38-4)14-20(17)22/h6-8,15,18-19H,9,11-14,16H2,1-5H3. The fourth-order valence-corrected chi connectivity index (χ4v) is 5.70. The molecule has 12 heteroatoms. The molecule has 0 N–H and O–H groups in total. The zero-order valence-electron chi connectivity index (χ0n) is 23.4. The van der Waals surface area contributed by atoms with E-state index in [-0.39, 0.29) is 23.6 Å². The quantitative estimate of drug-likeness (QED) is 0.337. The zero-order valence-corrected chi connectivity index (χ0v) is 24.2. The summed E-state index contributed by atoms with van der Waals surface area (Å²) in [7, 11) is 1.70. The molecule has 1 fully saturated rings. The first-order chi connectivity index (χ1) is 19.1. The maximum absolute atomic E-state index is 13.9. The van der Waals surface area contributed by atoms with Crippen LogP contribution in [0.1, 0.15) is 38.3 Å². The minimum Gasteiger partial charge on any atom is -0.444 e. The van der Waals surface area contributed by atoms with E-state index < -0.39 is 17.7 Å². The summed E-state index contributed by atoms with van der Waals surface area (Å²) < 4.78 is 12.6. The van der Waals surface area contributed by atoms with E-state index in [0.29, 0.717) is 42.4 Å². The molecule has 210 valence electrons. The Kier molecular flexibility index (Phi) is 7.70. The highest BCUT2D eigenvalue weighted by Gasteiger charge is 2.35. The van der Waals surface area contributed by atoms with Gasteiger partial charge in [-0.2, -0.15) is 15.0 Å². The number of rotatable bonds is 5. The summed E-state index contributed by atoms with van der Waals surface area (Å²) in [6, 6.07) is 7.69. The summed E-state index contributed by atoms with van der Waals surface area (Å²) in [4.78, 5) is 39.7. The average molecular weight is 564 g/mol. The second-order valence-electron chi connectivity index (χ2n) is 11.0. The molecular formula is C28H33N7O4S. The lowest BCUT2D eigenvalue weighted by molar-refractivity contribution is 0.0145. The molecule has 40 heavy (non-hydrogen) atoms. The molecule has 2 unspecified atom stereocenters. The number of hydrogen-bond acceptors (Lipinski definition) is 10. The van der Waals surface area contributed by atoms with Crippen LogP contribution in [0.3, 0.4) is 0 Å². The van der Waals surface area contributed by atoms with E-state index in [9.17, 15) is 14.9 Å². The number of carbonyl (C=O) groups is 1. The molecule has 0 radical (unpaired) electrons. The van der Waals surface area contributed by atoms with E-state index >= 15 is 0 Å². The van der Waals surface area contributed by atoms with Gasteiger partial charge in [0.05, 0.1) is 41.9 Å². The molecule has 3 heterocycles. The summed E-state index contributed by atoms with van der Waals surface area (Å²) in [5, 5.41) is 15.1. The summed E-state index contributed by atoms with van der Waals surface area (Å²) in [5.41, 5.74) is 2.24. The lowest BCUT2D eigenvalue weighted by atomic mass is 10.1. The number of hydrogen-bond donors (Lipinski definition) is 0.